The fraction of sp³-hybridized carbons (Fsp3) is 0.778. The van der Waals surface area contributed by atoms with Crippen LogP contribution in [0.15, 0.2) is 0 Å². The van der Waals surface area contributed by atoms with E-state index >= 15 is 0 Å². The summed E-state index contributed by atoms with van der Waals surface area (Å²) in [4.78, 5) is 0. The van der Waals surface area contributed by atoms with Gasteiger partial charge in [-0.2, -0.15) is 0 Å². The molecule has 11 heavy (non-hydrogen) atoms. The summed E-state index contributed by atoms with van der Waals surface area (Å²) in [5, 5.41) is 0. The molecule has 0 unspecified atom stereocenters. The molecule has 0 spiro atoms. The second-order valence-electron chi connectivity index (χ2n) is 4.02. The lowest BCUT2D eigenvalue weighted by molar-refractivity contribution is 0.699. The smallest absolute Gasteiger partial charge is 0.129 e. The molecule has 0 saturated carbocycles. The maximum absolute atomic E-state index is 3.37. The van der Waals surface area contributed by atoms with Gasteiger partial charge in [0, 0.05) is 10.8 Å². The quantitative estimate of drug-likeness (QED) is 0.315. The fourth-order valence-electron chi connectivity index (χ4n) is 0.545. The normalized spacial score (nSPS) is 13.5. The molecule has 1 atom stereocenters. The number of hydrogen-bond donors (Lipinski definition) is 0. The van der Waals surface area contributed by atoms with Gasteiger partial charge in [-0.25, -0.2) is 0 Å². The van der Waals surface area contributed by atoms with Gasteiger partial charge in [0.2, 0.25) is 0 Å². The second kappa shape index (κ2) is 5.21. The highest BCUT2D eigenvalue weighted by molar-refractivity contribution is 14.1. The zero-order chi connectivity index (χ0) is 8.91. The Bertz CT molecular complexity index is 159. The lowest BCUT2D eigenvalue weighted by atomic mass is 10.1. The predicted molar refractivity (Wildman–Crippen MR) is 63.8 cm³/mol. The van der Waals surface area contributed by atoms with Crippen LogP contribution >= 0.6 is 22.6 Å². The SMILES string of the molecule is C[C@H](CI)CC#C[Si](C)(C)C. The van der Waals surface area contributed by atoms with Crippen molar-refractivity contribution in [3.05, 3.63) is 0 Å². The summed E-state index contributed by atoms with van der Waals surface area (Å²) in [6, 6.07) is 0. The first-order valence-electron chi connectivity index (χ1n) is 4.01. The third-order valence-electron chi connectivity index (χ3n) is 1.18. The van der Waals surface area contributed by atoms with Gasteiger partial charge in [-0.1, -0.05) is 49.2 Å². The molecular formula is C9H17ISi. The summed E-state index contributed by atoms with van der Waals surface area (Å²) < 4.78 is 1.22. The van der Waals surface area contributed by atoms with Crippen LogP contribution in [0.5, 0.6) is 0 Å². The average molecular weight is 280 g/mol. The highest BCUT2D eigenvalue weighted by Crippen LogP contribution is 2.05. The molecule has 0 heterocycles. The van der Waals surface area contributed by atoms with E-state index in [0.717, 1.165) is 12.3 Å². The van der Waals surface area contributed by atoms with Crippen molar-refractivity contribution in [2.24, 2.45) is 5.92 Å². The Labute approximate surface area is 85.3 Å². The van der Waals surface area contributed by atoms with E-state index in [4.69, 9.17) is 0 Å². The largest absolute Gasteiger partial charge is 0.132 e. The van der Waals surface area contributed by atoms with Crippen LogP contribution in [0.2, 0.25) is 19.6 Å². The van der Waals surface area contributed by atoms with Crippen molar-refractivity contribution in [3.8, 4) is 11.5 Å². The van der Waals surface area contributed by atoms with Gasteiger partial charge in [0.25, 0.3) is 0 Å². The van der Waals surface area contributed by atoms with Crippen molar-refractivity contribution in [1.29, 1.82) is 0 Å². The Kier molecular flexibility index (Phi) is 5.45. The van der Waals surface area contributed by atoms with Crippen LogP contribution in [-0.2, 0) is 0 Å². The lowest BCUT2D eigenvalue weighted by Gasteiger charge is -2.04. The Balaban J connectivity index is 3.73. The molecule has 0 radical (unpaired) electrons. The monoisotopic (exact) mass is 280 g/mol. The van der Waals surface area contributed by atoms with Crippen molar-refractivity contribution in [3.63, 3.8) is 0 Å². The van der Waals surface area contributed by atoms with E-state index in [1.807, 2.05) is 0 Å². The van der Waals surface area contributed by atoms with Gasteiger partial charge in [0.15, 0.2) is 0 Å². The van der Waals surface area contributed by atoms with Crippen LogP contribution in [0.4, 0.5) is 0 Å². The predicted octanol–water partition coefficient (Wildman–Crippen LogP) is 3.33. The summed E-state index contributed by atoms with van der Waals surface area (Å²) in [5.41, 5.74) is 3.37. The second-order valence-corrected chi connectivity index (χ2v) is 9.65. The van der Waals surface area contributed by atoms with Gasteiger partial charge in [-0.15, -0.1) is 11.5 Å². The third-order valence-corrected chi connectivity index (χ3v) is 3.61. The molecule has 64 valence electrons. The van der Waals surface area contributed by atoms with E-state index in [2.05, 4.69) is 60.6 Å². The molecular weight excluding hydrogens is 263 g/mol. The van der Waals surface area contributed by atoms with Gasteiger partial charge in [0.05, 0.1) is 0 Å². The lowest BCUT2D eigenvalue weighted by Crippen LogP contribution is -2.16. The molecule has 2 heteroatoms. The van der Waals surface area contributed by atoms with Gasteiger partial charge in [-0.05, 0) is 5.92 Å². The molecule has 0 fully saturated rings. The van der Waals surface area contributed by atoms with Gasteiger partial charge in [-0.3, -0.25) is 0 Å². The first kappa shape index (κ1) is 11.5. The maximum atomic E-state index is 3.37. The van der Waals surface area contributed by atoms with Crippen molar-refractivity contribution < 1.29 is 0 Å². The molecule has 0 nitrogen and oxygen atoms in total. The molecule has 0 aliphatic carbocycles. The molecule has 0 aliphatic heterocycles. The molecule has 0 N–H and O–H groups in total. The van der Waals surface area contributed by atoms with E-state index in [1.165, 1.54) is 4.43 Å². The molecule has 0 rings (SSSR count). The average Bonchev–Trinajstić information content (AvgIpc) is 1.85. The third kappa shape index (κ3) is 8.41. The summed E-state index contributed by atoms with van der Waals surface area (Å²) in [6.45, 7) is 9.11. The topological polar surface area (TPSA) is 0 Å². The first-order valence-corrected chi connectivity index (χ1v) is 9.04. The number of halogens is 1. The summed E-state index contributed by atoms with van der Waals surface area (Å²) in [5.74, 6) is 4.05. The summed E-state index contributed by atoms with van der Waals surface area (Å²) in [6.07, 6.45) is 1.08. The van der Waals surface area contributed by atoms with Gasteiger partial charge < -0.3 is 0 Å². The summed E-state index contributed by atoms with van der Waals surface area (Å²) in [7, 11) is -1.10. The number of hydrogen-bond acceptors (Lipinski definition) is 0. The summed E-state index contributed by atoms with van der Waals surface area (Å²) >= 11 is 2.42. The van der Waals surface area contributed by atoms with Crippen molar-refractivity contribution in [1.82, 2.24) is 0 Å². The standard InChI is InChI=1S/C9H17ISi/c1-9(8-10)6-5-7-11(2,3)4/h9H,6,8H2,1-4H3/t9-/m0/s1. The zero-order valence-corrected chi connectivity index (χ0v) is 11.0. The van der Waals surface area contributed by atoms with E-state index in [1.54, 1.807) is 0 Å². The molecule has 0 bridgehead atoms. The van der Waals surface area contributed by atoms with E-state index in [-0.39, 0.29) is 0 Å². The van der Waals surface area contributed by atoms with Crippen molar-refractivity contribution in [2.75, 3.05) is 4.43 Å². The highest BCUT2D eigenvalue weighted by Gasteiger charge is 2.07. The van der Waals surface area contributed by atoms with E-state index in [0.29, 0.717) is 0 Å². The van der Waals surface area contributed by atoms with E-state index in [9.17, 15) is 0 Å². The van der Waals surface area contributed by atoms with Crippen LogP contribution in [-0.4, -0.2) is 12.5 Å². The Morgan fingerprint density at radius 3 is 2.27 bits per heavy atom. The van der Waals surface area contributed by atoms with Crippen molar-refractivity contribution in [2.45, 2.75) is 33.0 Å². The molecule has 0 saturated heterocycles. The van der Waals surface area contributed by atoms with Crippen LogP contribution < -0.4 is 0 Å². The highest BCUT2D eigenvalue weighted by atomic mass is 127. The minimum atomic E-state index is -1.10. The van der Waals surface area contributed by atoms with Crippen LogP contribution in [0.25, 0.3) is 0 Å². The minimum absolute atomic E-state index is 0.763. The Hall–Kier alpha value is 0.507. The minimum Gasteiger partial charge on any atom is -0.132 e. The number of alkyl halides is 1. The molecule has 0 aromatic carbocycles. The zero-order valence-electron chi connectivity index (χ0n) is 7.87. The fourth-order valence-corrected chi connectivity index (χ4v) is 1.49. The van der Waals surface area contributed by atoms with Crippen LogP contribution in [0.1, 0.15) is 13.3 Å². The molecule has 0 aromatic heterocycles. The van der Waals surface area contributed by atoms with E-state index < -0.39 is 8.07 Å². The Morgan fingerprint density at radius 2 is 1.91 bits per heavy atom. The first-order chi connectivity index (χ1) is 4.95. The van der Waals surface area contributed by atoms with Crippen LogP contribution in [0.3, 0.4) is 0 Å². The molecule has 0 aromatic rings. The maximum Gasteiger partial charge on any atom is 0.129 e. The van der Waals surface area contributed by atoms with Gasteiger partial charge in [0.1, 0.15) is 8.07 Å². The number of rotatable bonds is 2. The van der Waals surface area contributed by atoms with Crippen molar-refractivity contribution >= 4 is 30.7 Å². The Morgan fingerprint density at radius 1 is 1.36 bits per heavy atom. The van der Waals surface area contributed by atoms with Gasteiger partial charge >= 0.3 is 0 Å². The molecule has 0 amide bonds. The molecule has 0 aliphatic rings. The van der Waals surface area contributed by atoms with Crippen LogP contribution in [0, 0.1) is 17.4 Å².